The molecule has 5 nitrogen and oxygen atoms in total. The Bertz CT molecular complexity index is 958. The van der Waals surface area contributed by atoms with E-state index in [1.165, 1.54) is 0 Å². The summed E-state index contributed by atoms with van der Waals surface area (Å²) >= 11 is 0. The molecule has 0 aliphatic carbocycles. The number of halogens is 6. The van der Waals surface area contributed by atoms with Gasteiger partial charge in [0.1, 0.15) is 6.10 Å². The zero-order valence-corrected chi connectivity index (χ0v) is 16.3. The Morgan fingerprint density at radius 3 is 2.00 bits per heavy atom. The molecule has 0 radical (unpaired) electrons. The Kier molecular flexibility index (Phi) is 6.38. The number of likely N-dealkylation sites (tertiary alicyclic amines) is 1. The van der Waals surface area contributed by atoms with E-state index in [9.17, 15) is 41.0 Å². The van der Waals surface area contributed by atoms with Gasteiger partial charge in [0.15, 0.2) is 0 Å². The topological polar surface area (TPSA) is 66.8 Å². The van der Waals surface area contributed by atoms with Gasteiger partial charge in [-0.3, -0.25) is 0 Å². The van der Waals surface area contributed by atoms with Crippen LogP contribution in [0.15, 0.2) is 48.5 Å². The molecule has 1 fully saturated rings. The molecule has 1 aliphatic rings. The van der Waals surface area contributed by atoms with Gasteiger partial charge in [-0.2, -0.15) is 26.3 Å². The predicted molar refractivity (Wildman–Crippen MR) is 99.0 cm³/mol. The van der Waals surface area contributed by atoms with Crippen molar-refractivity contribution < 1.29 is 45.8 Å². The largest absolute Gasteiger partial charge is 0.465 e. The molecule has 0 saturated carbocycles. The Balaban J connectivity index is 1.91. The molecule has 2 aromatic rings. The van der Waals surface area contributed by atoms with Crippen molar-refractivity contribution in [2.75, 3.05) is 13.1 Å². The van der Waals surface area contributed by atoms with E-state index >= 15 is 0 Å². The zero-order valence-electron chi connectivity index (χ0n) is 16.3. The molecule has 0 unspecified atom stereocenters. The molecule has 2 aromatic carbocycles. The minimum atomic E-state index is -5.10. The monoisotopic (exact) mass is 461 g/mol. The number of amides is 1. The fraction of sp³-hybridized carbons (Fsp3) is 0.333. The van der Waals surface area contributed by atoms with Crippen LogP contribution in [0.1, 0.15) is 39.4 Å². The van der Waals surface area contributed by atoms with Gasteiger partial charge in [0, 0.05) is 25.4 Å². The summed E-state index contributed by atoms with van der Waals surface area (Å²) in [5.41, 5.74) is -3.52. The number of benzene rings is 2. The quantitative estimate of drug-likeness (QED) is 0.490. The van der Waals surface area contributed by atoms with E-state index in [1.54, 1.807) is 30.3 Å². The molecule has 1 saturated heterocycles. The number of hydrogen-bond acceptors (Lipinski definition) is 3. The molecule has 0 bridgehead atoms. The molecule has 32 heavy (non-hydrogen) atoms. The number of alkyl halides is 6. The molecule has 1 heterocycles. The van der Waals surface area contributed by atoms with Crippen molar-refractivity contribution in [1.29, 1.82) is 0 Å². The zero-order chi connectivity index (χ0) is 23.7. The van der Waals surface area contributed by atoms with Crippen LogP contribution in [0.5, 0.6) is 0 Å². The first-order chi connectivity index (χ1) is 14.9. The Morgan fingerprint density at radius 1 is 0.938 bits per heavy atom. The number of carbonyl (C=O) groups excluding carboxylic acids is 1. The normalized spacial score (nSPS) is 19.5. The molecule has 2 atom stereocenters. The van der Waals surface area contributed by atoms with Gasteiger partial charge in [-0.1, -0.05) is 30.3 Å². The molecule has 1 aliphatic heterocycles. The minimum Gasteiger partial charge on any atom is -0.465 e. The summed E-state index contributed by atoms with van der Waals surface area (Å²) in [6, 6.07) is 8.94. The number of hydrogen-bond donors (Lipinski definition) is 1. The molecular formula is C21H17F6NO4. The van der Waals surface area contributed by atoms with Gasteiger partial charge in [0.05, 0.1) is 16.7 Å². The van der Waals surface area contributed by atoms with E-state index in [0.717, 1.165) is 4.90 Å². The summed E-state index contributed by atoms with van der Waals surface area (Å²) < 4.78 is 83.8. The van der Waals surface area contributed by atoms with Crippen LogP contribution >= 0.6 is 0 Å². The first-order valence-corrected chi connectivity index (χ1v) is 9.39. The van der Waals surface area contributed by atoms with E-state index in [-0.39, 0.29) is 25.6 Å². The lowest BCUT2D eigenvalue weighted by Gasteiger charge is -2.37. The minimum absolute atomic E-state index is 0.00694. The van der Waals surface area contributed by atoms with Gasteiger partial charge < -0.3 is 14.7 Å². The van der Waals surface area contributed by atoms with Crippen LogP contribution in [-0.4, -0.2) is 41.3 Å². The third-order valence-corrected chi connectivity index (χ3v) is 5.13. The summed E-state index contributed by atoms with van der Waals surface area (Å²) in [6.07, 6.45) is -12.3. The highest BCUT2D eigenvalue weighted by molar-refractivity contribution is 5.90. The number of rotatable bonds is 3. The van der Waals surface area contributed by atoms with Gasteiger partial charge in [0.25, 0.3) is 0 Å². The first-order valence-electron chi connectivity index (χ1n) is 9.39. The Morgan fingerprint density at radius 2 is 1.50 bits per heavy atom. The number of esters is 1. The van der Waals surface area contributed by atoms with Gasteiger partial charge in [-0.15, -0.1) is 0 Å². The van der Waals surface area contributed by atoms with Crippen molar-refractivity contribution >= 4 is 12.1 Å². The molecule has 3 rings (SSSR count). The second-order valence-electron chi connectivity index (χ2n) is 7.27. The summed E-state index contributed by atoms with van der Waals surface area (Å²) in [5.74, 6) is -1.99. The van der Waals surface area contributed by atoms with E-state index in [1.807, 2.05) is 0 Å². The summed E-state index contributed by atoms with van der Waals surface area (Å²) in [5, 5.41) is 9.27. The average molecular weight is 461 g/mol. The van der Waals surface area contributed by atoms with E-state index < -0.39 is 53.1 Å². The highest BCUT2D eigenvalue weighted by atomic mass is 19.4. The lowest BCUT2D eigenvalue weighted by molar-refractivity contribution is -0.143. The SMILES string of the molecule is O=C(O[C@H]1CCN(C(=O)O)C[C@H]1c1ccccc1)c1cc(C(F)(F)F)cc(C(F)(F)F)c1. The first kappa shape index (κ1) is 23.4. The maximum Gasteiger partial charge on any atom is 0.416 e. The van der Waals surface area contributed by atoms with Crippen molar-refractivity contribution in [2.24, 2.45) is 0 Å². The highest BCUT2D eigenvalue weighted by Crippen LogP contribution is 2.37. The van der Waals surface area contributed by atoms with Gasteiger partial charge in [0.2, 0.25) is 0 Å². The Labute approximate surface area is 178 Å². The second kappa shape index (κ2) is 8.71. The molecule has 0 aromatic heterocycles. The van der Waals surface area contributed by atoms with Crippen LogP contribution < -0.4 is 0 Å². The molecule has 1 amide bonds. The molecular weight excluding hydrogens is 444 g/mol. The summed E-state index contributed by atoms with van der Waals surface area (Å²) in [7, 11) is 0. The fourth-order valence-corrected chi connectivity index (χ4v) is 3.54. The average Bonchev–Trinajstić information content (AvgIpc) is 2.73. The van der Waals surface area contributed by atoms with Crippen molar-refractivity contribution in [3.63, 3.8) is 0 Å². The van der Waals surface area contributed by atoms with E-state index in [0.29, 0.717) is 17.7 Å². The van der Waals surface area contributed by atoms with Crippen LogP contribution in [0, 0.1) is 0 Å². The molecule has 172 valence electrons. The van der Waals surface area contributed by atoms with Gasteiger partial charge >= 0.3 is 24.4 Å². The molecule has 1 N–H and O–H groups in total. The number of ether oxygens (including phenoxy) is 1. The number of carboxylic acid groups (broad SMARTS) is 1. The standard InChI is InChI=1S/C21H17F6NO4/c22-20(23,24)14-8-13(9-15(10-14)21(25,26)27)18(29)32-17-6-7-28(19(30)31)11-16(17)12-4-2-1-3-5-12/h1-5,8-10,16-17H,6-7,11H2,(H,30,31)/t16-,17-/m0/s1. The van der Waals surface area contributed by atoms with Gasteiger partial charge in [-0.25, -0.2) is 9.59 Å². The van der Waals surface area contributed by atoms with Crippen molar-refractivity contribution in [3.05, 3.63) is 70.8 Å². The molecule has 0 spiro atoms. The third-order valence-electron chi connectivity index (χ3n) is 5.13. The second-order valence-corrected chi connectivity index (χ2v) is 7.27. The maximum absolute atomic E-state index is 13.1. The number of nitrogens with zero attached hydrogens (tertiary/aromatic N) is 1. The smallest absolute Gasteiger partial charge is 0.416 e. The number of piperidine rings is 1. The molecule has 11 heteroatoms. The van der Waals surface area contributed by atoms with Crippen molar-refractivity contribution in [2.45, 2.75) is 30.8 Å². The lowest BCUT2D eigenvalue weighted by atomic mass is 9.88. The fourth-order valence-electron chi connectivity index (χ4n) is 3.54. The lowest BCUT2D eigenvalue weighted by Crippen LogP contribution is -2.45. The maximum atomic E-state index is 13.1. The summed E-state index contributed by atoms with van der Waals surface area (Å²) in [6.45, 7) is -0.0549. The van der Waals surface area contributed by atoms with E-state index in [2.05, 4.69) is 0 Å². The van der Waals surface area contributed by atoms with Crippen molar-refractivity contribution in [1.82, 2.24) is 4.90 Å². The van der Waals surface area contributed by atoms with Crippen LogP contribution in [0.2, 0.25) is 0 Å². The highest BCUT2D eigenvalue weighted by Gasteiger charge is 2.39. The van der Waals surface area contributed by atoms with E-state index in [4.69, 9.17) is 4.74 Å². The van der Waals surface area contributed by atoms with Crippen LogP contribution in [0.3, 0.4) is 0 Å². The van der Waals surface area contributed by atoms with Crippen LogP contribution in [0.25, 0.3) is 0 Å². The summed E-state index contributed by atoms with van der Waals surface area (Å²) in [4.78, 5) is 25.0. The third kappa shape index (κ3) is 5.32. The van der Waals surface area contributed by atoms with Gasteiger partial charge in [-0.05, 0) is 23.8 Å². The number of carbonyl (C=O) groups is 2. The van der Waals surface area contributed by atoms with Crippen LogP contribution in [0.4, 0.5) is 31.1 Å². The predicted octanol–water partition coefficient (Wildman–Crippen LogP) is 5.42. The Hall–Kier alpha value is -3.24. The van der Waals surface area contributed by atoms with Crippen LogP contribution in [-0.2, 0) is 17.1 Å². The van der Waals surface area contributed by atoms with Crippen molar-refractivity contribution in [3.8, 4) is 0 Å².